The van der Waals surface area contributed by atoms with Crippen molar-refractivity contribution < 1.29 is 9.84 Å². The zero-order valence-corrected chi connectivity index (χ0v) is 6.32. The van der Waals surface area contributed by atoms with Crippen LogP contribution in [0.4, 0.5) is 0 Å². The first-order valence-electron chi connectivity index (χ1n) is 3.31. The van der Waals surface area contributed by atoms with Crippen molar-refractivity contribution in [1.82, 2.24) is 0 Å². The van der Waals surface area contributed by atoms with Crippen LogP contribution in [-0.2, 0) is 4.74 Å². The summed E-state index contributed by atoms with van der Waals surface area (Å²) in [6.45, 7) is 0. The van der Waals surface area contributed by atoms with Gasteiger partial charge in [0.05, 0.1) is 13.4 Å². The van der Waals surface area contributed by atoms with Crippen molar-refractivity contribution in [3.63, 3.8) is 0 Å². The van der Waals surface area contributed by atoms with Gasteiger partial charge in [0.15, 0.2) is 0 Å². The summed E-state index contributed by atoms with van der Waals surface area (Å²) in [6.07, 6.45) is 3.41. The van der Waals surface area contributed by atoms with Gasteiger partial charge in [0.1, 0.15) is 5.75 Å². The molecule has 1 rings (SSSR count). The zero-order chi connectivity index (χ0) is 8.10. The standard InChI is InChI=1S/C9H10O2/c1-11-7-6-8-2-4-9(10)5-3-8/h2-7,10H,1H3. The van der Waals surface area contributed by atoms with Gasteiger partial charge in [-0.25, -0.2) is 0 Å². The molecule has 0 atom stereocenters. The SMILES string of the molecule is COC=Cc1ccc(O)cc1. The molecular formula is C9H10O2. The molecule has 11 heavy (non-hydrogen) atoms. The second-order valence-electron chi connectivity index (χ2n) is 2.13. The number of hydrogen-bond acceptors (Lipinski definition) is 2. The van der Waals surface area contributed by atoms with Gasteiger partial charge in [-0.1, -0.05) is 12.1 Å². The Balaban J connectivity index is 2.73. The highest BCUT2D eigenvalue weighted by atomic mass is 16.5. The Labute approximate surface area is 65.7 Å². The summed E-state index contributed by atoms with van der Waals surface area (Å²) < 4.78 is 4.73. The van der Waals surface area contributed by atoms with Gasteiger partial charge < -0.3 is 9.84 Å². The first-order chi connectivity index (χ1) is 5.33. The third kappa shape index (κ3) is 2.34. The third-order valence-corrected chi connectivity index (χ3v) is 1.29. The minimum Gasteiger partial charge on any atom is -0.508 e. The molecule has 0 amide bonds. The lowest BCUT2D eigenvalue weighted by atomic mass is 10.2. The molecule has 0 radical (unpaired) electrons. The van der Waals surface area contributed by atoms with Gasteiger partial charge >= 0.3 is 0 Å². The van der Waals surface area contributed by atoms with E-state index >= 15 is 0 Å². The number of rotatable bonds is 2. The maximum absolute atomic E-state index is 8.93. The summed E-state index contributed by atoms with van der Waals surface area (Å²) in [5.74, 6) is 0.277. The minimum absolute atomic E-state index is 0.277. The minimum atomic E-state index is 0.277. The van der Waals surface area contributed by atoms with E-state index in [0.29, 0.717) is 0 Å². The largest absolute Gasteiger partial charge is 0.508 e. The van der Waals surface area contributed by atoms with Crippen molar-refractivity contribution in [3.8, 4) is 5.75 Å². The van der Waals surface area contributed by atoms with Gasteiger partial charge in [-0.2, -0.15) is 0 Å². The fraction of sp³-hybridized carbons (Fsp3) is 0.111. The predicted octanol–water partition coefficient (Wildman–Crippen LogP) is 2.01. The molecule has 1 N–H and O–H groups in total. The third-order valence-electron chi connectivity index (χ3n) is 1.29. The molecule has 58 valence electrons. The Morgan fingerprint density at radius 2 is 1.91 bits per heavy atom. The number of hydrogen-bond donors (Lipinski definition) is 1. The molecule has 0 unspecified atom stereocenters. The predicted molar refractivity (Wildman–Crippen MR) is 44.1 cm³/mol. The molecule has 0 saturated carbocycles. The van der Waals surface area contributed by atoms with Crippen LogP contribution in [0.25, 0.3) is 6.08 Å². The van der Waals surface area contributed by atoms with Crippen LogP contribution in [0, 0.1) is 0 Å². The van der Waals surface area contributed by atoms with Crippen molar-refractivity contribution >= 4 is 6.08 Å². The quantitative estimate of drug-likeness (QED) is 0.653. The summed E-state index contributed by atoms with van der Waals surface area (Å²) in [5, 5.41) is 8.93. The zero-order valence-electron chi connectivity index (χ0n) is 6.32. The van der Waals surface area contributed by atoms with E-state index in [1.807, 2.05) is 18.2 Å². The molecule has 0 bridgehead atoms. The average molecular weight is 150 g/mol. The van der Waals surface area contributed by atoms with E-state index in [9.17, 15) is 0 Å². The van der Waals surface area contributed by atoms with E-state index < -0.39 is 0 Å². The van der Waals surface area contributed by atoms with Gasteiger partial charge in [0.2, 0.25) is 0 Å². The van der Waals surface area contributed by atoms with Crippen molar-refractivity contribution in [2.24, 2.45) is 0 Å². The maximum atomic E-state index is 8.93. The summed E-state index contributed by atoms with van der Waals surface area (Å²) in [4.78, 5) is 0. The van der Waals surface area contributed by atoms with Crippen molar-refractivity contribution in [1.29, 1.82) is 0 Å². The van der Waals surface area contributed by atoms with Crippen LogP contribution in [-0.4, -0.2) is 12.2 Å². The van der Waals surface area contributed by atoms with Crippen molar-refractivity contribution in [3.05, 3.63) is 36.1 Å². The van der Waals surface area contributed by atoms with E-state index in [4.69, 9.17) is 9.84 Å². The Bertz CT molecular complexity index is 236. The van der Waals surface area contributed by atoms with E-state index in [-0.39, 0.29) is 5.75 Å². The summed E-state index contributed by atoms with van der Waals surface area (Å²) in [7, 11) is 1.59. The molecule has 0 fully saturated rings. The Morgan fingerprint density at radius 1 is 1.27 bits per heavy atom. The molecule has 0 heterocycles. The lowest BCUT2D eigenvalue weighted by Crippen LogP contribution is -1.71. The molecule has 0 aliphatic carbocycles. The summed E-state index contributed by atoms with van der Waals surface area (Å²) >= 11 is 0. The molecule has 0 spiro atoms. The van der Waals surface area contributed by atoms with Gasteiger partial charge in [-0.05, 0) is 23.8 Å². The first-order valence-corrected chi connectivity index (χ1v) is 3.31. The number of benzene rings is 1. The molecule has 0 saturated heterocycles. The Kier molecular flexibility index (Phi) is 2.55. The molecule has 2 nitrogen and oxygen atoms in total. The molecule has 1 aromatic rings. The lowest BCUT2D eigenvalue weighted by molar-refractivity contribution is 0.341. The Morgan fingerprint density at radius 3 is 2.45 bits per heavy atom. The van der Waals surface area contributed by atoms with Crippen LogP contribution >= 0.6 is 0 Å². The number of methoxy groups -OCH3 is 1. The monoisotopic (exact) mass is 150 g/mol. The topological polar surface area (TPSA) is 29.5 Å². The molecular weight excluding hydrogens is 140 g/mol. The van der Waals surface area contributed by atoms with E-state index in [1.54, 1.807) is 25.5 Å². The molecule has 0 aliphatic rings. The van der Waals surface area contributed by atoms with Crippen LogP contribution in [0.1, 0.15) is 5.56 Å². The number of aromatic hydroxyl groups is 1. The number of phenols is 1. The summed E-state index contributed by atoms with van der Waals surface area (Å²) in [5.41, 5.74) is 1.00. The van der Waals surface area contributed by atoms with Crippen LogP contribution in [0.5, 0.6) is 5.75 Å². The number of phenolic OH excluding ortho intramolecular Hbond substituents is 1. The highest BCUT2D eigenvalue weighted by molar-refractivity contribution is 5.49. The molecule has 0 aliphatic heterocycles. The van der Waals surface area contributed by atoms with E-state index in [1.165, 1.54) is 0 Å². The van der Waals surface area contributed by atoms with Crippen LogP contribution in [0.2, 0.25) is 0 Å². The number of ether oxygens (including phenoxy) is 1. The highest BCUT2D eigenvalue weighted by Crippen LogP contribution is 2.10. The second kappa shape index (κ2) is 3.66. The second-order valence-corrected chi connectivity index (χ2v) is 2.13. The van der Waals surface area contributed by atoms with E-state index in [0.717, 1.165) is 5.56 Å². The maximum Gasteiger partial charge on any atom is 0.115 e. The summed E-state index contributed by atoms with van der Waals surface area (Å²) in [6, 6.07) is 6.89. The smallest absolute Gasteiger partial charge is 0.115 e. The van der Waals surface area contributed by atoms with Crippen molar-refractivity contribution in [2.75, 3.05) is 7.11 Å². The Hall–Kier alpha value is -1.44. The fourth-order valence-corrected chi connectivity index (χ4v) is 0.732. The van der Waals surface area contributed by atoms with Crippen molar-refractivity contribution in [2.45, 2.75) is 0 Å². The molecule has 0 aromatic heterocycles. The van der Waals surface area contributed by atoms with E-state index in [2.05, 4.69) is 0 Å². The van der Waals surface area contributed by atoms with Crippen LogP contribution in [0.3, 0.4) is 0 Å². The molecule has 1 aromatic carbocycles. The van der Waals surface area contributed by atoms with Gasteiger partial charge in [0, 0.05) is 0 Å². The van der Waals surface area contributed by atoms with Crippen LogP contribution < -0.4 is 0 Å². The average Bonchev–Trinajstić information content (AvgIpc) is 2.04. The van der Waals surface area contributed by atoms with Crippen LogP contribution in [0.15, 0.2) is 30.5 Å². The van der Waals surface area contributed by atoms with Gasteiger partial charge in [-0.3, -0.25) is 0 Å². The highest BCUT2D eigenvalue weighted by Gasteiger charge is 1.86. The normalized spacial score (nSPS) is 10.3. The fourth-order valence-electron chi connectivity index (χ4n) is 0.732. The molecule has 2 heteroatoms. The first kappa shape index (κ1) is 7.66. The lowest BCUT2D eigenvalue weighted by Gasteiger charge is -1.92. The van der Waals surface area contributed by atoms with Gasteiger partial charge in [-0.15, -0.1) is 0 Å². The van der Waals surface area contributed by atoms with Gasteiger partial charge in [0.25, 0.3) is 0 Å².